The van der Waals surface area contributed by atoms with Crippen molar-refractivity contribution in [3.05, 3.63) is 94.5 Å². The van der Waals surface area contributed by atoms with Crippen molar-refractivity contribution in [1.29, 1.82) is 0 Å². The Bertz CT molecular complexity index is 1040. The van der Waals surface area contributed by atoms with E-state index in [1.165, 1.54) is 5.01 Å². The SMILES string of the molecule is O=C(NCc1ccccc1)C1CN(c2ccc(Cl)cc2)N(c2ccc(Cl)cc2)C1=O. The molecule has 0 spiro atoms. The fourth-order valence-corrected chi connectivity index (χ4v) is 3.64. The minimum Gasteiger partial charge on any atom is -0.351 e. The predicted octanol–water partition coefficient (Wildman–Crippen LogP) is 4.69. The number of amides is 2. The van der Waals surface area contributed by atoms with E-state index >= 15 is 0 Å². The maximum Gasteiger partial charge on any atom is 0.260 e. The second kappa shape index (κ2) is 8.78. The standard InChI is InChI=1S/C23H19Cl2N3O2/c24-17-6-10-19(11-7-17)27-15-21(22(29)26-14-16-4-2-1-3-5-16)23(30)28(27)20-12-8-18(25)9-13-20/h1-13,21H,14-15H2,(H,26,29). The number of rotatable bonds is 5. The zero-order valence-electron chi connectivity index (χ0n) is 16.0. The first-order valence-corrected chi connectivity index (χ1v) is 10.2. The van der Waals surface area contributed by atoms with Crippen molar-refractivity contribution >= 4 is 46.4 Å². The van der Waals surface area contributed by atoms with E-state index in [1.54, 1.807) is 41.4 Å². The van der Waals surface area contributed by atoms with E-state index < -0.39 is 5.92 Å². The third kappa shape index (κ3) is 4.27. The molecule has 3 aromatic carbocycles. The van der Waals surface area contributed by atoms with Gasteiger partial charge in [0, 0.05) is 16.6 Å². The van der Waals surface area contributed by atoms with Gasteiger partial charge in [-0.25, -0.2) is 5.01 Å². The van der Waals surface area contributed by atoms with Crippen LogP contribution in [0.15, 0.2) is 78.9 Å². The Balaban J connectivity index is 1.59. The maximum atomic E-state index is 13.3. The Morgan fingerprint density at radius 2 is 1.43 bits per heavy atom. The molecule has 1 saturated heterocycles. The number of hydrogen-bond donors (Lipinski definition) is 1. The lowest BCUT2D eigenvalue weighted by Gasteiger charge is -2.29. The summed E-state index contributed by atoms with van der Waals surface area (Å²) in [6.07, 6.45) is 0. The Hall–Kier alpha value is -3.02. The third-order valence-corrected chi connectivity index (χ3v) is 5.43. The van der Waals surface area contributed by atoms with Crippen LogP contribution in [0, 0.1) is 5.92 Å². The van der Waals surface area contributed by atoms with Gasteiger partial charge in [-0.1, -0.05) is 53.5 Å². The van der Waals surface area contributed by atoms with Crippen molar-refractivity contribution in [2.75, 3.05) is 16.6 Å². The molecular weight excluding hydrogens is 421 g/mol. The molecule has 1 fully saturated rings. The number of hydrogen-bond acceptors (Lipinski definition) is 3. The molecule has 1 N–H and O–H groups in total. The summed E-state index contributed by atoms with van der Waals surface area (Å²) in [7, 11) is 0. The highest BCUT2D eigenvalue weighted by atomic mass is 35.5. The molecule has 1 aliphatic rings. The normalized spacial score (nSPS) is 16.1. The second-order valence-electron chi connectivity index (χ2n) is 6.94. The van der Waals surface area contributed by atoms with Crippen LogP contribution in [0.3, 0.4) is 0 Å². The highest BCUT2D eigenvalue weighted by Gasteiger charge is 2.43. The van der Waals surface area contributed by atoms with Gasteiger partial charge in [0.05, 0.1) is 17.9 Å². The van der Waals surface area contributed by atoms with Crippen molar-refractivity contribution in [2.45, 2.75) is 6.54 Å². The fourth-order valence-electron chi connectivity index (χ4n) is 3.39. The summed E-state index contributed by atoms with van der Waals surface area (Å²) < 4.78 is 0. The number of carbonyl (C=O) groups is 2. The van der Waals surface area contributed by atoms with Crippen molar-refractivity contribution in [1.82, 2.24) is 5.32 Å². The van der Waals surface area contributed by atoms with Crippen molar-refractivity contribution in [3.8, 4) is 0 Å². The first-order chi connectivity index (χ1) is 14.5. The first kappa shape index (κ1) is 20.3. The number of carbonyl (C=O) groups excluding carboxylic acids is 2. The van der Waals surface area contributed by atoms with Gasteiger partial charge in [-0.3, -0.25) is 14.6 Å². The van der Waals surface area contributed by atoms with Gasteiger partial charge in [0.2, 0.25) is 5.91 Å². The van der Waals surface area contributed by atoms with Crippen molar-refractivity contribution in [2.24, 2.45) is 5.92 Å². The topological polar surface area (TPSA) is 52.7 Å². The van der Waals surface area contributed by atoms with Crippen LogP contribution in [-0.2, 0) is 16.1 Å². The predicted molar refractivity (Wildman–Crippen MR) is 120 cm³/mol. The number of nitrogens with zero attached hydrogens (tertiary/aromatic N) is 2. The molecule has 4 rings (SSSR count). The molecule has 0 aromatic heterocycles. The Morgan fingerprint density at radius 1 is 0.867 bits per heavy atom. The average Bonchev–Trinajstić information content (AvgIpc) is 3.11. The fraction of sp³-hybridized carbons (Fsp3) is 0.130. The van der Waals surface area contributed by atoms with Crippen molar-refractivity contribution in [3.63, 3.8) is 0 Å². The number of benzene rings is 3. The van der Waals surface area contributed by atoms with Crippen LogP contribution in [0.5, 0.6) is 0 Å². The summed E-state index contributed by atoms with van der Waals surface area (Å²) in [5.41, 5.74) is 2.37. The zero-order valence-corrected chi connectivity index (χ0v) is 17.5. The quantitative estimate of drug-likeness (QED) is 0.586. The van der Waals surface area contributed by atoms with Gasteiger partial charge in [-0.15, -0.1) is 0 Å². The van der Waals surface area contributed by atoms with E-state index in [2.05, 4.69) is 5.32 Å². The summed E-state index contributed by atoms with van der Waals surface area (Å²) in [4.78, 5) is 26.1. The summed E-state index contributed by atoms with van der Waals surface area (Å²) in [5, 5.41) is 7.35. The molecular formula is C23H19Cl2N3O2. The van der Waals surface area contributed by atoms with E-state index in [0.717, 1.165) is 11.3 Å². The molecule has 1 aliphatic heterocycles. The zero-order chi connectivity index (χ0) is 21.1. The minimum atomic E-state index is -0.833. The summed E-state index contributed by atoms with van der Waals surface area (Å²) in [6.45, 7) is 0.592. The molecule has 152 valence electrons. The van der Waals surface area contributed by atoms with Gasteiger partial charge in [-0.05, 0) is 54.1 Å². The van der Waals surface area contributed by atoms with E-state index in [1.807, 2.05) is 42.5 Å². The maximum absolute atomic E-state index is 13.3. The van der Waals surface area contributed by atoms with Crippen LogP contribution in [-0.4, -0.2) is 18.4 Å². The van der Waals surface area contributed by atoms with Gasteiger partial charge in [0.25, 0.3) is 5.91 Å². The van der Waals surface area contributed by atoms with Crippen LogP contribution >= 0.6 is 23.2 Å². The highest BCUT2D eigenvalue weighted by Crippen LogP contribution is 2.32. The van der Waals surface area contributed by atoms with Gasteiger partial charge in [-0.2, -0.15) is 0 Å². The lowest BCUT2D eigenvalue weighted by atomic mass is 10.1. The van der Waals surface area contributed by atoms with E-state index in [4.69, 9.17) is 23.2 Å². The largest absolute Gasteiger partial charge is 0.351 e. The Labute approximate surface area is 184 Å². The molecule has 0 saturated carbocycles. The Kier molecular flexibility index (Phi) is 5.93. The molecule has 0 radical (unpaired) electrons. The second-order valence-corrected chi connectivity index (χ2v) is 7.81. The molecule has 7 heteroatoms. The van der Waals surface area contributed by atoms with E-state index in [0.29, 0.717) is 22.3 Å². The monoisotopic (exact) mass is 439 g/mol. The molecule has 0 aliphatic carbocycles. The van der Waals surface area contributed by atoms with E-state index in [9.17, 15) is 9.59 Å². The average molecular weight is 440 g/mol. The van der Waals surface area contributed by atoms with Crippen molar-refractivity contribution < 1.29 is 9.59 Å². The lowest BCUT2D eigenvalue weighted by Crippen LogP contribution is -2.40. The Morgan fingerprint density at radius 3 is 2.03 bits per heavy atom. The molecule has 30 heavy (non-hydrogen) atoms. The van der Waals surface area contributed by atoms with Crippen LogP contribution in [0.2, 0.25) is 10.0 Å². The van der Waals surface area contributed by atoms with Crippen LogP contribution in [0.4, 0.5) is 11.4 Å². The smallest absolute Gasteiger partial charge is 0.260 e. The molecule has 1 unspecified atom stereocenters. The number of hydrazine groups is 1. The van der Waals surface area contributed by atoms with Gasteiger partial charge < -0.3 is 5.32 Å². The highest BCUT2D eigenvalue weighted by molar-refractivity contribution is 6.31. The molecule has 5 nitrogen and oxygen atoms in total. The van der Waals surface area contributed by atoms with Gasteiger partial charge >= 0.3 is 0 Å². The molecule has 2 amide bonds. The van der Waals surface area contributed by atoms with Gasteiger partial charge in [0.15, 0.2) is 0 Å². The summed E-state index contributed by atoms with van der Waals surface area (Å²) in [5.74, 6) is -1.43. The molecule has 3 aromatic rings. The summed E-state index contributed by atoms with van der Waals surface area (Å²) >= 11 is 12.0. The number of halogens is 2. The van der Waals surface area contributed by atoms with Crippen LogP contribution in [0.25, 0.3) is 0 Å². The van der Waals surface area contributed by atoms with Crippen LogP contribution in [0.1, 0.15) is 5.56 Å². The molecule has 0 bridgehead atoms. The van der Waals surface area contributed by atoms with Crippen LogP contribution < -0.4 is 15.3 Å². The summed E-state index contributed by atoms with van der Waals surface area (Å²) in [6, 6.07) is 23.7. The molecule has 1 heterocycles. The number of nitrogens with one attached hydrogen (secondary N) is 1. The van der Waals surface area contributed by atoms with E-state index in [-0.39, 0.29) is 18.4 Å². The first-order valence-electron chi connectivity index (χ1n) is 9.47. The third-order valence-electron chi connectivity index (χ3n) is 4.93. The van der Waals surface area contributed by atoms with Gasteiger partial charge in [0.1, 0.15) is 5.92 Å². The minimum absolute atomic E-state index is 0.226. The molecule has 1 atom stereocenters. The number of anilines is 2. The lowest BCUT2D eigenvalue weighted by molar-refractivity contribution is -0.131.